The molecule has 1 aromatic rings. The van der Waals surface area contributed by atoms with Gasteiger partial charge in [-0.15, -0.1) is 11.3 Å². The van der Waals surface area contributed by atoms with Crippen molar-refractivity contribution < 1.29 is 9.90 Å². The fourth-order valence-electron chi connectivity index (χ4n) is 1.90. The summed E-state index contributed by atoms with van der Waals surface area (Å²) in [6.07, 6.45) is 0. The highest BCUT2D eigenvalue weighted by atomic mass is 79.9. The van der Waals surface area contributed by atoms with E-state index in [1.54, 1.807) is 18.3 Å². The predicted octanol–water partition coefficient (Wildman–Crippen LogP) is 2.66. The van der Waals surface area contributed by atoms with Gasteiger partial charge in [0.05, 0.1) is 5.92 Å². The van der Waals surface area contributed by atoms with Crippen molar-refractivity contribution in [3.05, 3.63) is 20.8 Å². The summed E-state index contributed by atoms with van der Waals surface area (Å²) in [5.74, 6) is -0.582. The second-order valence-electron chi connectivity index (χ2n) is 4.27. The molecule has 1 aromatic heterocycles. The van der Waals surface area contributed by atoms with Gasteiger partial charge in [-0.3, -0.25) is 9.69 Å². The minimum absolute atomic E-state index is 0.219. The second-order valence-corrected chi connectivity index (χ2v) is 6.13. The van der Waals surface area contributed by atoms with E-state index >= 15 is 0 Å². The number of thiophene rings is 1. The van der Waals surface area contributed by atoms with Crippen molar-refractivity contribution in [3.63, 3.8) is 0 Å². The summed E-state index contributed by atoms with van der Waals surface area (Å²) in [6, 6.07) is 2.05. The maximum atomic E-state index is 10.8. The smallest absolute Gasteiger partial charge is 0.306 e. The Morgan fingerprint density at radius 3 is 2.94 bits per heavy atom. The molecule has 2 rings (SSSR count). The van der Waals surface area contributed by atoms with Gasteiger partial charge in [0.1, 0.15) is 0 Å². The maximum absolute atomic E-state index is 10.8. The monoisotopic (exact) mass is 303 g/mol. The molecule has 88 valence electrons. The third-order valence-electron chi connectivity index (χ3n) is 3.14. The number of carbonyl (C=O) groups is 1. The summed E-state index contributed by atoms with van der Waals surface area (Å²) in [5, 5.41) is 10.9. The Morgan fingerprint density at radius 2 is 2.44 bits per heavy atom. The Morgan fingerprint density at radius 1 is 1.75 bits per heavy atom. The largest absolute Gasteiger partial charge is 0.481 e. The quantitative estimate of drug-likeness (QED) is 0.929. The summed E-state index contributed by atoms with van der Waals surface area (Å²) < 4.78 is 1.16. The van der Waals surface area contributed by atoms with Gasteiger partial charge in [0.2, 0.25) is 0 Å². The molecule has 1 saturated heterocycles. The van der Waals surface area contributed by atoms with Crippen molar-refractivity contribution in [2.24, 2.45) is 11.8 Å². The number of hydrogen-bond donors (Lipinski definition) is 1. The Bertz CT molecular complexity index is 387. The minimum Gasteiger partial charge on any atom is -0.481 e. The number of aliphatic carboxylic acids is 1. The molecular weight excluding hydrogens is 290 g/mol. The van der Waals surface area contributed by atoms with Crippen molar-refractivity contribution in [1.82, 2.24) is 4.90 Å². The molecule has 3 nitrogen and oxygen atoms in total. The second kappa shape index (κ2) is 4.85. The molecule has 0 aromatic carbocycles. The minimum atomic E-state index is -0.679. The summed E-state index contributed by atoms with van der Waals surface area (Å²) in [4.78, 5) is 14.4. The van der Waals surface area contributed by atoms with E-state index in [9.17, 15) is 4.79 Å². The van der Waals surface area contributed by atoms with Crippen LogP contribution in [0.5, 0.6) is 0 Å². The Hall–Kier alpha value is -0.390. The van der Waals surface area contributed by atoms with Crippen LogP contribution < -0.4 is 0 Å². The number of carboxylic acid groups (broad SMARTS) is 1. The number of hydrogen-bond acceptors (Lipinski definition) is 3. The maximum Gasteiger partial charge on any atom is 0.306 e. The molecule has 1 aliphatic heterocycles. The SMILES string of the molecule is CC(C(=O)O)C1CN(Cc2sccc2Br)C1. The van der Waals surface area contributed by atoms with E-state index < -0.39 is 5.97 Å². The molecule has 0 radical (unpaired) electrons. The third-order valence-corrected chi connectivity index (χ3v) is 5.05. The van der Waals surface area contributed by atoms with Gasteiger partial charge in [-0.05, 0) is 33.3 Å². The van der Waals surface area contributed by atoms with Gasteiger partial charge < -0.3 is 5.11 Å². The molecule has 1 atom stereocenters. The van der Waals surface area contributed by atoms with E-state index in [0.29, 0.717) is 5.92 Å². The van der Waals surface area contributed by atoms with Crippen LogP contribution >= 0.6 is 27.3 Å². The van der Waals surface area contributed by atoms with Crippen molar-refractivity contribution >= 4 is 33.2 Å². The molecule has 1 fully saturated rings. The lowest BCUT2D eigenvalue weighted by Crippen LogP contribution is -2.50. The molecule has 1 N–H and O–H groups in total. The number of carboxylic acids is 1. The van der Waals surface area contributed by atoms with E-state index in [-0.39, 0.29) is 5.92 Å². The average molecular weight is 304 g/mol. The van der Waals surface area contributed by atoms with Crippen LogP contribution in [0, 0.1) is 11.8 Å². The van der Waals surface area contributed by atoms with Crippen LogP contribution in [0.2, 0.25) is 0 Å². The zero-order chi connectivity index (χ0) is 11.7. The van der Waals surface area contributed by atoms with Gasteiger partial charge in [0.15, 0.2) is 0 Å². The Balaban J connectivity index is 1.81. The first-order valence-corrected chi connectivity index (χ1v) is 6.92. The average Bonchev–Trinajstić information content (AvgIpc) is 2.56. The van der Waals surface area contributed by atoms with Crippen LogP contribution in [0.25, 0.3) is 0 Å². The highest BCUT2D eigenvalue weighted by molar-refractivity contribution is 9.10. The lowest BCUT2D eigenvalue weighted by Gasteiger charge is -2.41. The van der Waals surface area contributed by atoms with Gasteiger partial charge in [-0.1, -0.05) is 6.92 Å². The topological polar surface area (TPSA) is 40.5 Å². The van der Waals surface area contributed by atoms with Gasteiger partial charge in [-0.25, -0.2) is 0 Å². The van der Waals surface area contributed by atoms with Gasteiger partial charge in [0.25, 0.3) is 0 Å². The summed E-state index contributed by atoms with van der Waals surface area (Å²) >= 11 is 5.24. The van der Waals surface area contributed by atoms with Crippen molar-refractivity contribution in [2.75, 3.05) is 13.1 Å². The summed E-state index contributed by atoms with van der Waals surface area (Å²) in [7, 11) is 0. The first kappa shape index (κ1) is 12.1. The summed E-state index contributed by atoms with van der Waals surface area (Å²) in [6.45, 7) is 4.53. The lowest BCUT2D eigenvalue weighted by molar-refractivity contribution is -0.145. The number of likely N-dealkylation sites (tertiary alicyclic amines) is 1. The molecule has 1 unspecified atom stereocenters. The van der Waals surface area contributed by atoms with Gasteiger partial charge in [-0.2, -0.15) is 0 Å². The Labute approximate surface area is 107 Å². The molecule has 1 aliphatic rings. The molecule has 16 heavy (non-hydrogen) atoms. The molecule has 5 heteroatoms. The zero-order valence-corrected chi connectivity index (χ0v) is 11.4. The zero-order valence-electron chi connectivity index (χ0n) is 9.02. The molecule has 2 heterocycles. The molecule has 0 saturated carbocycles. The fraction of sp³-hybridized carbons (Fsp3) is 0.545. The molecule has 0 bridgehead atoms. The fourth-order valence-corrected chi connectivity index (χ4v) is 3.42. The van der Waals surface area contributed by atoms with Crippen LogP contribution in [0.3, 0.4) is 0 Å². The van der Waals surface area contributed by atoms with Crippen molar-refractivity contribution in [2.45, 2.75) is 13.5 Å². The predicted molar refractivity (Wildman–Crippen MR) is 67.6 cm³/mol. The van der Waals surface area contributed by atoms with E-state index in [0.717, 1.165) is 24.1 Å². The van der Waals surface area contributed by atoms with Crippen LogP contribution in [-0.4, -0.2) is 29.1 Å². The van der Waals surface area contributed by atoms with Crippen LogP contribution in [0.1, 0.15) is 11.8 Å². The molecule has 0 amide bonds. The lowest BCUT2D eigenvalue weighted by atomic mass is 9.87. The first-order chi connectivity index (χ1) is 7.58. The standard InChI is InChI=1S/C11H14BrNO2S/c1-7(11(14)15)8-4-13(5-8)6-10-9(12)2-3-16-10/h2-3,7-8H,4-6H2,1H3,(H,14,15). The Kier molecular flexibility index (Phi) is 3.66. The van der Waals surface area contributed by atoms with Crippen molar-refractivity contribution in [1.29, 1.82) is 0 Å². The molecule has 0 aliphatic carbocycles. The normalized spacial score (nSPS) is 19.4. The molecule has 0 spiro atoms. The van der Waals surface area contributed by atoms with Crippen LogP contribution in [-0.2, 0) is 11.3 Å². The van der Waals surface area contributed by atoms with Crippen LogP contribution in [0.15, 0.2) is 15.9 Å². The number of halogens is 1. The number of rotatable bonds is 4. The number of nitrogens with zero attached hydrogens (tertiary/aromatic N) is 1. The summed E-state index contributed by atoms with van der Waals surface area (Å²) in [5.41, 5.74) is 0. The first-order valence-electron chi connectivity index (χ1n) is 5.25. The highest BCUT2D eigenvalue weighted by Crippen LogP contribution is 2.29. The van der Waals surface area contributed by atoms with E-state index in [4.69, 9.17) is 5.11 Å². The van der Waals surface area contributed by atoms with Crippen molar-refractivity contribution in [3.8, 4) is 0 Å². The van der Waals surface area contributed by atoms with E-state index in [1.807, 2.05) is 0 Å². The van der Waals surface area contributed by atoms with Gasteiger partial charge >= 0.3 is 5.97 Å². The molecular formula is C11H14BrNO2S. The van der Waals surface area contributed by atoms with E-state index in [1.165, 1.54) is 4.88 Å². The highest BCUT2D eigenvalue weighted by Gasteiger charge is 2.34. The van der Waals surface area contributed by atoms with Gasteiger partial charge in [0, 0.05) is 29.0 Å². The third kappa shape index (κ3) is 2.47. The van der Waals surface area contributed by atoms with Crippen LogP contribution in [0.4, 0.5) is 0 Å². The van der Waals surface area contributed by atoms with E-state index in [2.05, 4.69) is 32.3 Å².